The lowest BCUT2D eigenvalue weighted by Crippen LogP contribution is -2.62. The maximum absolute atomic E-state index is 13.9. The van der Waals surface area contributed by atoms with Gasteiger partial charge in [-0.15, -0.1) is 0 Å². The van der Waals surface area contributed by atoms with Gasteiger partial charge in [0, 0.05) is 41.2 Å². The number of nitrogens with one attached hydrogen (secondary N) is 3. The zero-order valence-electron chi connectivity index (χ0n) is 26.2. The van der Waals surface area contributed by atoms with Crippen molar-refractivity contribution in [3.8, 4) is 11.8 Å². The van der Waals surface area contributed by atoms with E-state index >= 15 is 0 Å². The molecule has 3 aromatic rings. The number of fused-ring (bicyclic) bond motifs is 3. The number of aliphatic hydroxyl groups is 2. The maximum Gasteiger partial charge on any atom is 0.240 e. The van der Waals surface area contributed by atoms with Crippen LogP contribution in [0.2, 0.25) is 0 Å². The van der Waals surface area contributed by atoms with Gasteiger partial charge in [0.05, 0.1) is 25.8 Å². The van der Waals surface area contributed by atoms with Crippen LogP contribution >= 0.6 is 0 Å². The minimum Gasteiger partial charge on any atom is -0.394 e. The fourth-order valence-electron chi connectivity index (χ4n) is 8.10. The molecule has 234 valence electrons. The van der Waals surface area contributed by atoms with Crippen molar-refractivity contribution in [2.75, 3.05) is 13.2 Å². The molecule has 4 aliphatic rings. The van der Waals surface area contributed by atoms with E-state index in [-0.39, 0.29) is 18.6 Å². The molecule has 1 amide bonds. The number of aliphatic hydroxyl groups excluding tert-OH is 2. The van der Waals surface area contributed by atoms with Crippen LogP contribution in [0.25, 0.3) is 10.9 Å². The smallest absolute Gasteiger partial charge is 0.240 e. The number of nitrogens with zero attached hydrogens (tertiary/aromatic N) is 1. The Morgan fingerprint density at radius 3 is 2.77 bits per heavy atom. The van der Waals surface area contributed by atoms with Crippen LogP contribution in [0.3, 0.4) is 0 Å². The van der Waals surface area contributed by atoms with Crippen LogP contribution in [0.4, 0.5) is 0 Å². The van der Waals surface area contributed by atoms with E-state index in [0.29, 0.717) is 36.3 Å². The Morgan fingerprint density at radius 2 is 2.02 bits per heavy atom. The summed E-state index contributed by atoms with van der Waals surface area (Å²) in [7, 11) is 0. The lowest BCUT2D eigenvalue weighted by Gasteiger charge is -2.62. The second kappa shape index (κ2) is 12.7. The number of carbonyl (C=O) groups excluding carboxylic acids is 1. The standard InChI is InChI=1S/C36H46N4O4/c1-22-29-16-27(36(29,3)4)17-31(22)39-35(43)34-33(23(2)42)32(21-41)44-40(34)20-25-10-7-9-24(15-25)11-8-14-37-18-26-19-38-30-13-6-5-12-28(26)30/h5-7,9-10,12-13,15,19,22-23,27,29,31-34,37-38,41-42H,14,16-18,20-21H2,1-4H3,(H,39,43)/t22-,23-,27+,29+,31-,32-,33+,34-/m0/s1. The maximum atomic E-state index is 13.9. The van der Waals surface area contributed by atoms with Crippen LogP contribution in [-0.2, 0) is 22.7 Å². The van der Waals surface area contributed by atoms with Crippen LogP contribution in [0.1, 0.15) is 57.2 Å². The summed E-state index contributed by atoms with van der Waals surface area (Å²) in [4.78, 5) is 23.3. The van der Waals surface area contributed by atoms with Crippen LogP contribution in [-0.4, -0.2) is 63.6 Å². The molecule has 2 bridgehead atoms. The molecule has 1 aliphatic heterocycles. The number of hydrogen-bond acceptors (Lipinski definition) is 6. The van der Waals surface area contributed by atoms with Gasteiger partial charge in [0.15, 0.2) is 0 Å². The minimum atomic E-state index is -0.821. The Kier molecular flexibility index (Phi) is 8.87. The van der Waals surface area contributed by atoms with Crippen molar-refractivity contribution in [3.63, 3.8) is 0 Å². The third-order valence-electron chi connectivity index (χ3n) is 10.8. The molecule has 2 heterocycles. The Morgan fingerprint density at radius 1 is 1.20 bits per heavy atom. The molecule has 5 N–H and O–H groups in total. The highest BCUT2D eigenvalue weighted by Gasteiger charge is 2.57. The molecule has 0 spiro atoms. The van der Waals surface area contributed by atoms with E-state index in [4.69, 9.17) is 4.84 Å². The molecule has 0 unspecified atom stereocenters. The molecule has 2 aromatic carbocycles. The average molecular weight is 599 g/mol. The van der Waals surface area contributed by atoms with Crippen LogP contribution in [0, 0.1) is 40.9 Å². The largest absolute Gasteiger partial charge is 0.394 e. The topological polar surface area (TPSA) is 110 Å². The number of aromatic nitrogens is 1. The van der Waals surface area contributed by atoms with Gasteiger partial charge >= 0.3 is 0 Å². The highest BCUT2D eigenvalue weighted by molar-refractivity contribution is 5.83. The zero-order chi connectivity index (χ0) is 31.0. The van der Waals surface area contributed by atoms with Gasteiger partial charge in [0.1, 0.15) is 12.1 Å². The van der Waals surface area contributed by atoms with Crippen molar-refractivity contribution in [3.05, 3.63) is 71.4 Å². The van der Waals surface area contributed by atoms with Gasteiger partial charge in [-0.2, -0.15) is 5.06 Å². The molecular formula is C36H46N4O4. The fraction of sp³-hybridized carbons (Fsp3) is 0.528. The van der Waals surface area contributed by atoms with Crippen molar-refractivity contribution < 1.29 is 19.8 Å². The minimum absolute atomic E-state index is 0.104. The Bertz CT molecular complexity index is 1540. The number of para-hydroxylation sites is 1. The highest BCUT2D eigenvalue weighted by Crippen LogP contribution is 2.61. The van der Waals surface area contributed by atoms with E-state index in [2.05, 4.69) is 60.4 Å². The second-order valence-corrected chi connectivity index (χ2v) is 13.7. The molecule has 7 rings (SSSR count). The molecule has 8 nitrogen and oxygen atoms in total. The first-order chi connectivity index (χ1) is 21.2. The third kappa shape index (κ3) is 5.92. The molecule has 3 saturated carbocycles. The number of rotatable bonds is 9. The summed E-state index contributed by atoms with van der Waals surface area (Å²) < 4.78 is 0. The summed E-state index contributed by atoms with van der Waals surface area (Å²) >= 11 is 0. The number of H-pyrrole nitrogens is 1. The summed E-state index contributed by atoms with van der Waals surface area (Å²) in [5.41, 5.74) is 4.49. The van der Waals surface area contributed by atoms with E-state index in [1.54, 1.807) is 12.0 Å². The number of carbonyl (C=O) groups is 1. The van der Waals surface area contributed by atoms with E-state index in [0.717, 1.165) is 29.6 Å². The first-order valence-corrected chi connectivity index (χ1v) is 16.0. The number of benzene rings is 2. The predicted molar refractivity (Wildman–Crippen MR) is 171 cm³/mol. The van der Waals surface area contributed by atoms with E-state index in [1.165, 1.54) is 17.4 Å². The average Bonchev–Trinajstić information content (AvgIpc) is 3.59. The van der Waals surface area contributed by atoms with Gasteiger partial charge in [0.25, 0.3) is 0 Å². The quantitative estimate of drug-likeness (QED) is 0.188. The molecule has 44 heavy (non-hydrogen) atoms. The van der Waals surface area contributed by atoms with Gasteiger partial charge in [-0.05, 0) is 72.3 Å². The molecule has 1 aromatic heterocycles. The van der Waals surface area contributed by atoms with Crippen LogP contribution in [0.15, 0.2) is 54.7 Å². The van der Waals surface area contributed by atoms with E-state index < -0.39 is 24.2 Å². The molecule has 4 fully saturated rings. The molecule has 3 aliphatic carbocycles. The van der Waals surface area contributed by atoms with E-state index in [1.807, 2.05) is 42.6 Å². The van der Waals surface area contributed by atoms with Gasteiger partial charge in [-0.1, -0.05) is 62.9 Å². The Labute approximate surface area is 260 Å². The Hall–Kier alpha value is -3.19. The normalized spacial score (nSPS) is 29.9. The summed E-state index contributed by atoms with van der Waals surface area (Å²) in [5, 5.41) is 30.4. The van der Waals surface area contributed by atoms with Crippen LogP contribution < -0.4 is 10.6 Å². The van der Waals surface area contributed by atoms with Gasteiger partial charge in [0.2, 0.25) is 5.91 Å². The first-order valence-electron chi connectivity index (χ1n) is 16.0. The van der Waals surface area contributed by atoms with Crippen molar-refractivity contribution >= 4 is 16.8 Å². The number of hydroxylamine groups is 2. The van der Waals surface area contributed by atoms with E-state index in [9.17, 15) is 15.0 Å². The number of amides is 1. The zero-order valence-corrected chi connectivity index (χ0v) is 26.2. The van der Waals surface area contributed by atoms with Crippen molar-refractivity contribution in [2.24, 2.45) is 29.1 Å². The molecule has 1 saturated heterocycles. The van der Waals surface area contributed by atoms with Crippen molar-refractivity contribution in [1.82, 2.24) is 20.7 Å². The molecular weight excluding hydrogens is 552 g/mol. The van der Waals surface area contributed by atoms with Gasteiger partial charge in [-0.3, -0.25) is 9.63 Å². The molecule has 8 heteroatoms. The molecule has 8 atom stereocenters. The molecule has 0 radical (unpaired) electrons. The first kappa shape index (κ1) is 30.8. The number of aromatic amines is 1. The van der Waals surface area contributed by atoms with Gasteiger partial charge in [-0.25, -0.2) is 0 Å². The monoisotopic (exact) mass is 598 g/mol. The summed E-state index contributed by atoms with van der Waals surface area (Å²) in [6.07, 6.45) is 2.77. The SMILES string of the molecule is C[C@@H]1[C@@H](NC(=O)[C@@H]2[C@H]([C@H](C)O)[C@H](CO)ON2Cc2cccc(C#CCNCc3c[nH]c4ccccc34)c2)C[C@H]2C[C@H]1C2(C)C. The summed E-state index contributed by atoms with van der Waals surface area (Å²) in [6.45, 7) is 9.96. The van der Waals surface area contributed by atoms with Gasteiger partial charge < -0.3 is 25.8 Å². The van der Waals surface area contributed by atoms with Crippen LogP contribution in [0.5, 0.6) is 0 Å². The van der Waals surface area contributed by atoms with Crippen molar-refractivity contribution in [1.29, 1.82) is 0 Å². The second-order valence-electron chi connectivity index (χ2n) is 13.7. The number of hydrogen-bond donors (Lipinski definition) is 5. The third-order valence-corrected chi connectivity index (χ3v) is 10.8. The highest BCUT2D eigenvalue weighted by atomic mass is 16.7. The fourth-order valence-corrected chi connectivity index (χ4v) is 8.10. The lowest BCUT2D eigenvalue weighted by molar-refractivity contribution is -0.183. The summed E-state index contributed by atoms with van der Waals surface area (Å²) in [6, 6.07) is 15.6. The van der Waals surface area contributed by atoms with Crippen molar-refractivity contribution in [2.45, 2.75) is 77.9 Å². The lowest BCUT2D eigenvalue weighted by atomic mass is 9.45. The summed E-state index contributed by atoms with van der Waals surface area (Å²) in [5.74, 6) is 7.39. The predicted octanol–water partition coefficient (Wildman–Crippen LogP) is 3.97. The Balaban J connectivity index is 1.10.